The molecule has 1 unspecified atom stereocenters. The highest BCUT2D eigenvalue weighted by molar-refractivity contribution is 5.84. The van der Waals surface area contributed by atoms with Crippen molar-refractivity contribution in [1.82, 2.24) is 5.32 Å². The first-order chi connectivity index (χ1) is 8.39. The van der Waals surface area contributed by atoms with E-state index in [1.807, 2.05) is 6.92 Å². The Morgan fingerprint density at radius 3 is 2.72 bits per heavy atom. The molecule has 1 aromatic rings. The second kappa shape index (κ2) is 5.82. The van der Waals surface area contributed by atoms with Gasteiger partial charge in [0.1, 0.15) is 23.7 Å². The summed E-state index contributed by atoms with van der Waals surface area (Å²) in [5, 5.41) is 2.99. The molecule has 0 heterocycles. The summed E-state index contributed by atoms with van der Waals surface area (Å²) < 4.78 is 18.5. The number of carbonyl (C=O) groups is 1. The number of hydrogen-bond donors (Lipinski definition) is 2. The zero-order chi connectivity index (χ0) is 13.8. The van der Waals surface area contributed by atoms with E-state index in [9.17, 15) is 9.18 Å². The fourth-order valence-electron chi connectivity index (χ4n) is 1.60. The van der Waals surface area contributed by atoms with Crippen molar-refractivity contribution in [2.24, 2.45) is 5.73 Å². The first-order valence-corrected chi connectivity index (χ1v) is 5.83. The summed E-state index contributed by atoms with van der Waals surface area (Å²) in [6.45, 7) is 6.00. The lowest BCUT2D eigenvalue weighted by atomic mass is 10.0. The van der Waals surface area contributed by atoms with Crippen molar-refractivity contribution in [1.29, 1.82) is 0 Å². The van der Waals surface area contributed by atoms with Crippen molar-refractivity contribution in [3.8, 4) is 5.75 Å². The molecular formula is C13H19FN2O2. The van der Waals surface area contributed by atoms with Gasteiger partial charge in [0.05, 0.1) is 0 Å². The second-order valence-corrected chi connectivity index (χ2v) is 4.43. The normalized spacial score (nSPS) is 14.0. The van der Waals surface area contributed by atoms with Gasteiger partial charge in [-0.1, -0.05) is 6.92 Å². The van der Waals surface area contributed by atoms with E-state index in [0.29, 0.717) is 17.9 Å². The monoisotopic (exact) mass is 254 g/mol. The molecule has 0 aliphatic carbocycles. The van der Waals surface area contributed by atoms with E-state index in [1.54, 1.807) is 13.8 Å². The van der Waals surface area contributed by atoms with Crippen molar-refractivity contribution < 1.29 is 13.9 Å². The van der Waals surface area contributed by atoms with E-state index in [0.717, 1.165) is 0 Å². The number of aryl methyl sites for hydroxylation is 1. The summed E-state index contributed by atoms with van der Waals surface area (Å²) in [7, 11) is 0. The summed E-state index contributed by atoms with van der Waals surface area (Å²) in [5.74, 6) is -0.255. The quantitative estimate of drug-likeness (QED) is 0.805. The zero-order valence-corrected chi connectivity index (χ0v) is 10.9. The Kier molecular flexibility index (Phi) is 4.67. The van der Waals surface area contributed by atoms with Crippen LogP contribution < -0.4 is 15.8 Å². The fraction of sp³-hybridized carbons (Fsp3) is 0.462. The minimum Gasteiger partial charge on any atom is -0.491 e. The van der Waals surface area contributed by atoms with Crippen molar-refractivity contribution in [2.45, 2.75) is 26.3 Å². The van der Waals surface area contributed by atoms with E-state index in [4.69, 9.17) is 10.5 Å². The highest BCUT2D eigenvalue weighted by Crippen LogP contribution is 2.19. The highest BCUT2D eigenvalue weighted by Gasteiger charge is 2.31. The molecule has 18 heavy (non-hydrogen) atoms. The molecule has 0 aliphatic heterocycles. The molecule has 4 nitrogen and oxygen atoms in total. The number of likely N-dealkylation sites (N-methyl/N-ethyl adjacent to an activating group) is 1. The fourth-order valence-corrected chi connectivity index (χ4v) is 1.60. The molecule has 0 bridgehead atoms. The van der Waals surface area contributed by atoms with Crippen molar-refractivity contribution in [2.75, 3.05) is 13.2 Å². The molecule has 0 fully saturated rings. The lowest BCUT2D eigenvalue weighted by Crippen LogP contribution is -2.57. The number of ether oxygens (including phenoxy) is 1. The molecule has 5 heteroatoms. The van der Waals surface area contributed by atoms with E-state index >= 15 is 0 Å². The van der Waals surface area contributed by atoms with Gasteiger partial charge in [-0.25, -0.2) is 4.39 Å². The number of carbonyl (C=O) groups excluding carboxylic acids is 1. The van der Waals surface area contributed by atoms with Crippen molar-refractivity contribution in [3.05, 3.63) is 29.6 Å². The topological polar surface area (TPSA) is 64.3 Å². The minimum atomic E-state index is -0.935. The SMILES string of the molecule is CCNC(C)(COc1ccc(F)cc1C)C(N)=O. The molecule has 3 N–H and O–H groups in total. The molecule has 0 saturated heterocycles. The number of benzene rings is 1. The molecule has 1 atom stereocenters. The molecule has 0 saturated carbocycles. The van der Waals surface area contributed by atoms with Crippen LogP contribution in [0.2, 0.25) is 0 Å². The summed E-state index contributed by atoms with van der Waals surface area (Å²) in [4.78, 5) is 11.4. The van der Waals surface area contributed by atoms with Crippen LogP contribution in [-0.4, -0.2) is 24.6 Å². The van der Waals surface area contributed by atoms with Gasteiger partial charge in [-0.2, -0.15) is 0 Å². The number of nitrogens with two attached hydrogens (primary N) is 1. The Morgan fingerprint density at radius 2 is 2.22 bits per heavy atom. The zero-order valence-electron chi connectivity index (χ0n) is 10.9. The maximum absolute atomic E-state index is 12.9. The Bertz CT molecular complexity index is 437. The van der Waals surface area contributed by atoms with Crippen LogP contribution in [-0.2, 0) is 4.79 Å². The van der Waals surface area contributed by atoms with Gasteiger partial charge >= 0.3 is 0 Å². The summed E-state index contributed by atoms with van der Waals surface area (Å²) in [5.41, 5.74) is 5.09. The predicted octanol–water partition coefficient (Wildman–Crippen LogP) is 1.37. The van der Waals surface area contributed by atoms with Crippen molar-refractivity contribution in [3.63, 3.8) is 0 Å². The average molecular weight is 254 g/mol. The predicted molar refractivity (Wildman–Crippen MR) is 67.9 cm³/mol. The molecule has 0 radical (unpaired) electrons. The van der Waals surface area contributed by atoms with Crippen LogP contribution in [0.5, 0.6) is 5.75 Å². The van der Waals surface area contributed by atoms with Gasteiger partial charge in [0.2, 0.25) is 5.91 Å². The first-order valence-electron chi connectivity index (χ1n) is 5.83. The molecule has 0 spiro atoms. The third-order valence-corrected chi connectivity index (χ3v) is 2.76. The largest absolute Gasteiger partial charge is 0.491 e. The third-order valence-electron chi connectivity index (χ3n) is 2.76. The molecule has 0 aliphatic rings. The maximum Gasteiger partial charge on any atom is 0.240 e. The van der Waals surface area contributed by atoms with Crippen LogP contribution in [0.15, 0.2) is 18.2 Å². The number of halogens is 1. The lowest BCUT2D eigenvalue weighted by Gasteiger charge is -2.27. The van der Waals surface area contributed by atoms with E-state index < -0.39 is 11.4 Å². The first kappa shape index (κ1) is 14.4. The molecule has 1 rings (SSSR count). The Hall–Kier alpha value is -1.62. The summed E-state index contributed by atoms with van der Waals surface area (Å²) >= 11 is 0. The van der Waals surface area contributed by atoms with Crippen LogP contribution in [0, 0.1) is 12.7 Å². The average Bonchev–Trinajstić information content (AvgIpc) is 2.28. The van der Waals surface area contributed by atoms with Gasteiger partial charge in [0.25, 0.3) is 0 Å². The van der Waals surface area contributed by atoms with Gasteiger partial charge in [-0.15, -0.1) is 0 Å². The number of hydrogen-bond acceptors (Lipinski definition) is 3. The maximum atomic E-state index is 12.9. The standard InChI is InChI=1S/C13H19FN2O2/c1-4-16-13(3,12(15)17)8-18-11-6-5-10(14)7-9(11)2/h5-7,16H,4,8H2,1-3H3,(H2,15,17). The van der Waals surface area contributed by atoms with Gasteiger partial charge < -0.3 is 15.8 Å². The highest BCUT2D eigenvalue weighted by atomic mass is 19.1. The van der Waals surface area contributed by atoms with E-state index in [1.165, 1.54) is 18.2 Å². The van der Waals surface area contributed by atoms with Crippen LogP contribution in [0.1, 0.15) is 19.4 Å². The van der Waals surface area contributed by atoms with Crippen LogP contribution in [0.3, 0.4) is 0 Å². The van der Waals surface area contributed by atoms with Gasteiger partial charge in [0, 0.05) is 0 Å². The van der Waals surface area contributed by atoms with Crippen LogP contribution >= 0.6 is 0 Å². The second-order valence-electron chi connectivity index (χ2n) is 4.43. The van der Waals surface area contributed by atoms with Gasteiger partial charge in [-0.3, -0.25) is 4.79 Å². The molecule has 1 amide bonds. The van der Waals surface area contributed by atoms with Gasteiger partial charge in [-0.05, 0) is 44.2 Å². The molecular weight excluding hydrogens is 235 g/mol. The van der Waals surface area contributed by atoms with Gasteiger partial charge in [0.15, 0.2) is 0 Å². The Balaban J connectivity index is 2.76. The van der Waals surface area contributed by atoms with Crippen LogP contribution in [0.25, 0.3) is 0 Å². The van der Waals surface area contributed by atoms with E-state index in [2.05, 4.69) is 5.32 Å². The Labute approximate surface area is 106 Å². The number of primary amides is 1. The third kappa shape index (κ3) is 3.43. The minimum absolute atomic E-state index is 0.0998. The van der Waals surface area contributed by atoms with E-state index in [-0.39, 0.29) is 12.4 Å². The number of rotatable bonds is 6. The molecule has 100 valence electrons. The van der Waals surface area contributed by atoms with Crippen molar-refractivity contribution >= 4 is 5.91 Å². The number of nitrogens with one attached hydrogen (secondary N) is 1. The molecule has 1 aromatic carbocycles. The Morgan fingerprint density at radius 1 is 1.56 bits per heavy atom. The summed E-state index contributed by atoms with van der Waals surface area (Å²) in [6.07, 6.45) is 0. The number of amides is 1. The smallest absolute Gasteiger partial charge is 0.240 e. The molecule has 0 aromatic heterocycles. The van der Waals surface area contributed by atoms with Crippen LogP contribution in [0.4, 0.5) is 4.39 Å². The lowest BCUT2D eigenvalue weighted by molar-refractivity contribution is -0.124. The summed E-state index contributed by atoms with van der Waals surface area (Å²) in [6, 6.07) is 4.24.